The first-order valence-corrected chi connectivity index (χ1v) is 6.29. The number of nitriles is 1. The molecule has 1 amide bonds. The average molecular weight is 258 g/mol. The number of carbonyl (C=O) groups excluding carboxylic acids is 1. The predicted molar refractivity (Wildman–Crippen MR) is 73.5 cm³/mol. The van der Waals surface area contributed by atoms with E-state index in [-0.39, 0.29) is 5.91 Å². The molecule has 1 aliphatic rings. The smallest absolute Gasteiger partial charge is 0.245 e. The van der Waals surface area contributed by atoms with Crippen molar-refractivity contribution in [1.82, 2.24) is 5.32 Å². The maximum absolute atomic E-state index is 12.0. The summed E-state index contributed by atoms with van der Waals surface area (Å²) in [6.07, 6.45) is 0. The summed E-state index contributed by atoms with van der Waals surface area (Å²) < 4.78 is 0. The highest BCUT2D eigenvalue weighted by Gasteiger charge is 2.38. The Morgan fingerprint density at radius 2 is 2.26 bits per heavy atom. The molecule has 5 heteroatoms. The van der Waals surface area contributed by atoms with Crippen molar-refractivity contribution in [3.05, 3.63) is 29.3 Å². The molecule has 5 nitrogen and oxygen atoms in total. The van der Waals surface area contributed by atoms with Gasteiger partial charge in [-0.15, -0.1) is 0 Å². The maximum atomic E-state index is 12.0. The fourth-order valence-corrected chi connectivity index (χ4v) is 2.36. The SMILES string of the molecule is CC1(C)C(=O)NCCN1c1ccc(CN)cc1C#N. The first kappa shape index (κ1) is 13.4. The van der Waals surface area contributed by atoms with E-state index >= 15 is 0 Å². The quantitative estimate of drug-likeness (QED) is 0.819. The lowest BCUT2D eigenvalue weighted by molar-refractivity contribution is -0.126. The van der Waals surface area contributed by atoms with Crippen LogP contribution in [0.25, 0.3) is 0 Å². The molecule has 0 aliphatic carbocycles. The highest BCUT2D eigenvalue weighted by atomic mass is 16.2. The number of benzene rings is 1. The number of nitrogens with one attached hydrogen (secondary N) is 1. The van der Waals surface area contributed by atoms with Crippen LogP contribution in [0.4, 0.5) is 5.69 Å². The summed E-state index contributed by atoms with van der Waals surface area (Å²) in [5, 5.41) is 12.1. The van der Waals surface area contributed by atoms with Crippen molar-refractivity contribution in [3.8, 4) is 6.07 Å². The van der Waals surface area contributed by atoms with Crippen molar-refractivity contribution in [1.29, 1.82) is 5.26 Å². The van der Waals surface area contributed by atoms with Crippen molar-refractivity contribution in [2.45, 2.75) is 25.9 Å². The van der Waals surface area contributed by atoms with Gasteiger partial charge in [-0.2, -0.15) is 5.26 Å². The van der Waals surface area contributed by atoms with Crippen molar-refractivity contribution in [2.75, 3.05) is 18.0 Å². The molecule has 0 atom stereocenters. The van der Waals surface area contributed by atoms with Gasteiger partial charge in [0.1, 0.15) is 11.6 Å². The zero-order valence-electron chi connectivity index (χ0n) is 11.2. The van der Waals surface area contributed by atoms with Crippen molar-refractivity contribution in [3.63, 3.8) is 0 Å². The number of hydrogen-bond donors (Lipinski definition) is 2. The Balaban J connectivity index is 2.46. The van der Waals surface area contributed by atoms with Gasteiger partial charge in [-0.3, -0.25) is 4.79 Å². The van der Waals surface area contributed by atoms with Crippen LogP contribution in [0.3, 0.4) is 0 Å². The van der Waals surface area contributed by atoms with Crippen LogP contribution >= 0.6 is 0 Å². The van der Waals surface area contributed by atoms with Crippen molar-refractivity contribution >= 4 is 11.6 Å². The van der Waals surface area contributed by atoms with Crippen LogP contribution < -0.4 is 16.0 Å². The number of nitrogens with zero attached hydrogens (tertiary/aromatic N) is 2. The monoisotopic (exact) mass is 258 g/mol. The van der Waals surface area contributed by atoms with Gasteiger partial charge < -0.3 is 16.0 Å². The van der Waals surface area contributed by atoms with Gasteiger partial charge in [-0.1, -0.05) is 6.07 Å². The van der Waals surface area contributed by atoms with E-state index < -0.39 is 5.54 Å². The minimum Gasteiger partial charge on any atom is -0.355 e. The van der Waals surface area contributed by atoms with Gasteiger partial charge >= 0.3 is 0 Å². The average Bonchev–Trinajstić information content (AvgIpc) is 2.41. The van der Waals surface area contributed by atoms with Crippen LogP contribution in [0.5, 0.6) is 0 Å². The molecule has 0 saturated carbocycles. The molecule has 3 N–H and O–H groups in total. The van der Waals surface area contributed by atoms with Crippen LogP contribution in [-0.2, 0) is 11.3 Å². The summed E-state index contributed by atoms with van der Waals surface area (Å²) >= 11 is 0. The predicted octanol–water partition coefficient (Wildman–Crippen LogP) is 0.732. The number of hydrogen-bond acceptors (Lipinski definition) is 4. The Labute approximate surface area is 113 Å². The Kier molecular flexibility index (Phi) is 3.45. The zero-order valence-corrected chi connectivity index (χ0v) is 11.2. The van der Waals surface area contributed by atoms with Gasteiger partial charge in [0.15, 0.2) is 0 Å². The maximum Gasteiger partial charge on any atom is 0.245 e. The number of piperazine rings is 1. The molecular weight excluding hydrogens is 240 g/mol. The van der Waals surface area contributed by atoms with Crippen LogP contribution in [0.2, 0.25) is 0 Å². The summed E-state index contributed by atoms with van der Waals surface area (Å²) in [6, 6.07) is 7.76. The molecule has 1 aromatic carbocycles. The van der Waals surface area contributed by atoms with E-state index in [2.05, 4.69) is 11.4 Å². The Hall–Kier alpha value is -2.06. The second-order valence-corrected chi connectivity index (χ2v) is 5.13. The topological polar surface area (TPSA) is 82.2 Å². The van der Waals surface area contributed by atoms with Crippen molar-refractivity contribution in [2.24, 2.45) is 5.73 Å². The molecule has 2 rings (SSSR count). The van der Waals surface area contributed by atoms with Crippen LogP contribution in [-0.4, -0.2) is 24.5 Å². The molecule has 1 aliphatic heterocycles. The van der Waals surface area contributed by atoms with Crippen LogP contribution in [0, 0.1) is 11.3 Å². The fourth-order valence-electron chi connectivity index (χ4n) is 2.36. The molecule has 1 heterocycles. The van der Waals surface area contributed by atoms with Gasteiger partial charge in [-0.25, -0.2) is 0 Å². The standard InChI is InChI=1S/C14H18N4O/c1-14(2)13(19)17-5-6-18(14)12-4-3-10(8-15)7-11(12)9-16/h3-4,7H,5-6,8,15H2,1-2H3,(H,17,19). The molecule has 19 heavy (non-hydrogen) atoms. The third kappa shape index (κ3) is 2.27. The summed E-state index contributed by atoms with van der Waals surface area (Å²) in [5.41, 5.74) is 7.20. The Bertz CT molecular complexity index is 545. The molecule has 0 aromatic heterocycles. The fraction of sp³-hybridized carbons (Fsp3) is 0.429. The van der Waals surface area contributed by atoms with Gasteiger partial charge in [-0.05, 0) is 31.5 Å². The lowest BCUT2D eigenvalue weighted by atomic mass is 9.96. The molecule has 0 spiro atoms. The summed E-state index contributed by atoms with van der Waals surface area (Å²) in [5.74, 6) is -0.0226. The van der Waals surface area contributed by atoms with E-state index in [4.69, 9.17) is 5.73 Å². The van der Waals surface area contributed by atoms with Gasteiger partial charge in [0.2, 0.25) is 5.91 Å². The molecule has 0 unspecified atom stereocenters. The van der Waals surface area contributed by atoms with E-state index in [1.165, 1.54) is 0 Å². The van der Waals surface area contributed by atoms with E-state index in [1.807, 2.05) is 30.9 Å². The van der Waals surface area contributed by atoms with E-state index in [0.29, 0.717) is 25.2 Å². The summed E-state index contributed by atoms with van der Waals surface area (Å²) in [7, 11) is 0. The highest BCUT2D eigenvalue weighted by Crippen LogP contribution is 2.29. The summed E-state index contributed by atoms with van der Waals surface area (Å²) in [6.45, 7) is 5.40. The van der Waals surface area contributed by atoms with E-state index in [0.717, 1.165) is 11.3 Å². The van der Waals surface area contributed by atoms with Crippen molar-refractivity contribution < 1.29 is 4.79 Å². The third-order valence-electron chi connectivity index (χ3n) is 3.56. The highest BCUT2D eigenvalue weighted by molar-refractivity contribution is 5.91. The van der Waals surface area contributed by atoms with Crippen LogP contribution in [0.1, 0.15) is 25.0 Å². The first-order valence-electron chi connectivity index (χ1n) is 6.29. The molecule has 100 valence electrons. The van der Waals surface area contributed by atoms with Gasteiger partial charge in [0.05, 0.1) is 11.3 Å². The van der Waals surface area contributed by atoms with Crippen LogP contribution in [0.15, 0.2) is 18.2 Å². The molecule has 0 bridgehead atoms. The largest absolute Gasteiger partial charge is 0.355 e. The van der Waals surface area contributed by atoms with E-state index in [9.17, 15) is 10.1 Å². The number of carbonyl (C=O) groups is 1. The summed E-state index contributed by atoms with van der Waals surface area (Å²) in [4.78, 5) is 13.9. The van der Waals surface area contributed by atoms with Gasteiger partial charge in [0.25, 0.3) is 0 Å². The molecule has 1 aromatic rings. The second kappa shape index (κ2) is 4.90. The lowest BCUT2D eigenvalue weighted by Crippen LogP contribution is -2.62. The lowest BCUT2D eigenvalue weighted by Gasteiger charge is -2.43. The molecule has 1 fully saturated rings. The number of anilines is 1. The number of rotatable bonds is 2. The second-order valence-electron chi connectivity index (χ2n) is 5.13. The van der Waals surface area contributed by atoms with Gasteiger partial charge in [0, 0.05) is 19.6 Å². The number of nitrogens with two attached hydrogens (primary N) is 1. The third-order valence-corrected chi connectivity index (χ3v) is 3.56. The normalized spacial score (nSPS) is 17.8. The first-order chi connectivity index (χ1) is 9.00. The van der Waals surface area contributed by atoms with E-state index in [1.54, 1.807) is 6.07 Å². The minimum atomic E-state index is -0.659. The number of amides is 1. The molecular formula is C14H18N4O. The Morgan fingerprint density at radius 1 is 1.53 bits per heavy atom. The zero-order chi connectivity index (χ0) is 14.0. The molecule has 0 radical (unpaired) electrons. The Morgan fingerprint density at radius 3 is 2.89 bits per heavy atom. The molecule has 1 saturated heterocycles. The minimum absolute atomic E-state index is 0.0226.